The number of thiophene rings is 1. The van der Waals surface area contributed by atoms with Crippen LogP contribution in [0.1, 0.15) is 20.8 Å². The fraction of sp³-hybridized carbons (Fsp3) is 0.190. The second kappa shape index (κ2) is 7.62. The van der Waals surface area contributed by atoms with Gasteiger partial charge in [-0.2, -0.15) is 0 Å². The van der Waals surface area contributed by atoms with E-state index in [-0.39, 0.29) is 5.91 Å². The minimum Gasteiger partial charge on any atom is -0.493 e. The van der Waals surface area contributed by atoms with E-state index in [9.17, 15) is 4.79 Å². The highest BCUT2D eigenvalue weighted by Gasteiger charge is 2.17. The highest BCUT2D eigenvalue weighted by molar-refractivity contribution is 7.12. The van der Waals surface area contributed by atoms with Gasteiger partial charge in [0.05, 0.1) is 19.1 Å². The average molecular weight is 367 g/mol. The predicted octanol–water partition coefficient (Wildman–Crippen LogP) is 5.30. The number of nitrogens with one attached hydrogen (secondary N) is 1. The number of methoxy groups -OCH3 is 2. The molecule has 0 aliphatic rings. The molecule has 1 N–H and O–H groups in total. The smallest absolute Gasteiger partial charge is 0.266 e. The maximum absolute atomic E-state index is 12.9. The minimum atomic E-state index is -0.133. The summed E-state index contributed by atoms with van der Waals surface area (Å²) >= 11 is 1.43. The van der Waals surface area contributed by atoms with Crippen molar-refractivity contribution in [3.05, 3.63) is 63.8 Å². The summed E-state index contributed by atoms with van der Waals surface area (Å²) in [6.45, 7) is 3.97. The van der Waals surface area contributed by atoms with Crippen LogP contribution in [0.25, 0.3) is 11.1 Å². The number of hydrogen-bond acceptors (Lipinski definition) is 4. The number of ether oxygens (including phenoxy) is 2. The number of anilines is 1. The molecule has 134 valence electrons. The van der Waals surface area contributed by atoms with Crippen LogP contribution < -0.4 is 14.8 Å². The molecule has 3 aromatic rings. The van der Waals surface area contributed by atoms with Crippen LogP contribution in [0.2, 0.25) is 0 Å². The van der Waals surface area contributed by atoms with Crippen LogP contribution in [-0.4, -0.2) is 20.1 Å². The van der Waals surface area contributed by atoms with E-state index in [0.29, 0.717) is 22.1 Å². The summed E-state index contributed by atoms with van der Waals surface area (Å²) in [6, 6.07) is 13.8. The van der Waals surface area contributed by atoms with Crippen LogP contribution in [0.5, 0.6) is 11.5 Å². The van der Waals surface area contributed by atoms with E-state index < -0.39 is 0 Å². The lowest BCUT2D eigenvalue weighted by atomic mass is 10.0. The van der Waals surface area contributed by atoms with E-state index in [2.05, 4.69) is 5.32 Å². The molecule has 0 fully saturated rings. The summed E-state index contributed by atoms with van der Waals surface area (Å²) in [5, 5.41) is 4.93. The van der Waals surface area contributed by atoms with Crippen molar-refractivity contribution in [2.24, 2.45) is 0 Å². The van der Waals surface area contributed by atoms with E-state index >= 15 is 0 Å². The largest absolute Gasteiger partial charge is 0.493 e. The summed E-state index contributed by atoms with van der Waals surface area (Å²) in [5.41, 5.74) is 4.77. The van der Waals surface area contributed by atoms with Crippen molar-refractivity contribution in [1.82, 2.24) is 0 Å². The van der Waals surface area contributed by atoms with Crippen LogP contribution in [0, 0.1) is 13.8 Å². The average Bonchev–Trinajstić information content (AvgIpc) is 3.13. The van der Waals surface area contributed by atoms with Gasteiger partial charge >= 0.3 is 0 Å². The van der Waals surface area contributed by atoms with E-state index in [0.717, 1.165) is 16.7 Å². The molecular formula is C21H21NO3S. The lowest BCUT2D eigenvalue weighted by molar-refractivity contribution is 0.103. The fourth-order valence-corrected chi connectivity index (χ4v) is 3.55. The lowest BCUT2D eigenvalue weighted by Crippen LogP contribution is -2.12. The summed E-state index contributed by atoms with van der Waals surface area (Å²) in [4.78, 5) is 13.6. The van der Waals surface area contributed by atoms with Gasteiger partial charge in [-0.3, -0.25) is 4.79 Å². The zero-order chi connectivity index (χ0) is 18.7. The molecule has 0 spiro atoms. The molecule has 4 nitrogen and oxygen atoms in total. The first-order valence-corrected chi connectivity index (χ1v) is 9.10. The zero-order valence-electron chi connectivity index (χ0n) is 15.3. The zero-order valence-corrected chi connectivity index (χ0v) is 16.1. The monoisotopic (exact) mass is 367 g/mol. The van der Waals surface area contributed by atoms with Gasteiger partial charge in [0, 0.05) is 17.3 Å². The molecule has 0 radical (unpaired) electrons. The Labute approximate surface area is 157 Å². The summed E-state index contributed by atoms with van der Waals surface area (Å²) in [6.07, 6.45) is 0. The quantitative estimate of drug-likeness (QED) is 0.665. The van der Waals surface area contributed by atoms with Crippen LogP contribution >= 0.6 is 11.3 Å². The van der Waals surface area contributed by atoms with Crippen molar-refractivity contribution in [3.8, 4) is 22.6 Å². The first-order valence-electron chi connectivity index (χ1n) is 8.22. The molecule has 3 rings (SSSR count). The van der Waals surface area contributed by atoms with E-state index in [1.807, 2.05) is 55.6 Å². The molecule has 0 atom stereocenters. The molecule has 0 bridgehead atoms. The van der Waals surface area contributed by atoms with Crippen LogP contribution in [-0.2, 0) is 0 Å². The van der Waals surface area contributed by atoms with Gasteiger partial charge in [0.15, 0.2) is 11.5 Å². The van der Waals surface area contributed by atoms with Gasteiger partial charge in [0.1, 0.15) is 0 Å². The van der Waals surface area contributed by atoms with Crippen LogP contribution in [0.3, 0.4) is 0 Å². The molecule has 0 unspecified atom stereocenters. The molecule has 0 saturated carbocycles. The first-order chi connectivity index (χ1) is 12.5. The van der Waals surface area contributed by atoms with Crippen molar-refractivity contribution in [2.45, 2.75) is 13.8 Å². The van der Waals surface area contributed by atoms with Gasteiger partial charge in [-0.25, -0.2) is 0 Å². The van der Waals surface area contributed by atoms with Gasteiger partial charge in [-0.15, -0.1) is 11.3 Å². The molecule has 5 heteroatoms. The van der Waals surface area contributed by atoms with Crippen molar-refractivity contribution in [1.29, 1.82) is 0 Å². The number of carbonyl (C=O) groups excluding carboxylic acids is 1. The summed E-state index contributed by atoms with van der Waals surface area (Å²) in [5.74, 6) is 1.09. The molecule has 0 aliphatic carbocycles. The van der Waals surface area contributed by atoms with Crippen LogP contribution in [0.15, 0.2) is 47.8 Å². The van der Waals surface area contributed by atoms with Crippen molar-refractivity contribution < 1.29 is 14.3 Å². The molecule has 2 aromatic carbocycles. The third-order valence-electron chi connectivity index (χ3n) is 4.21. The highest BCUT2D eigenvalue weighted by Crippen LogP contribution is 2.34. The first kappa shape index (κ1) is 18.0. The van der Waals surface area contributed by atoms with E-state index in [1.165, 1.54) is 16.9 Å². The lowest BCUT2D eigenvalue weighted by Gasteiger charge is -2.14. The standard InChI is InChI=1S/C21H21NO3S/c1-13-5-7-15(8-6-13)16-9-10-26-20(16)21(23)22-17-12-19(25-4)18(24-3)11-14(17)2/h5-12H,1-4H3,(H,22,23). The molecule has 1 amide bonds. The van der Waals surface area contributed by atoms with Gasteiger partial charge in [0.2, 0.25) is 0 Å². The van der Waals surface area contributed by atoms with Gasteiger partial charge in [-0.1, -0.05) is 29.8 Å². The topological polar surface area (TPSA) is 47.6 Å². The number of rotatable bonds is 5. The van der Waals surface area contributed by atoms with Gasteiger partial charge < -0.3 is 14.8 Å². The number of amides is 1. The minimum absolute atomic E-state index is 0.133. The summed E-state index contributed by atoms with van der Waals surface area (Å²) < 4.78 is 10.6. The Hall–Kier alpha value is -2.79. The summed E-state index contributed by atoms with van der Waals surface area (Å²) in [7, 11) is 3.17. The van der Waals surface area contributed by atoms with Gasteiger partial charge in [0.25, 0.3) is 5.91 Å². The van der Waals surface area contributed by atoms with Crippen molar-refractivity contribution >= 4 is 22.9 Å². The third-order valence-corrected chi connectivity index (χ3v) is 5.13. The van der Waals surface area contributed by atoms with E-state index in [4.69, 9.17) is 9.47 Å². The molecule has 26 heavy (non-hydrogen) atoms. The second-order valence-electron chi connectivity index (χ2n) is 6.01. The highest BCUT2D eigenvalue weighted by atomic mass is 32.1. The van der Waals surface area contributed by atoms with Crippen LogP contribution in [0.4, 0.5) is 5.69 Å². The third kappa shape index (κ3) is 3.58. The molecule has 1 heterocycles. The van der Waals surface area contributed by atoms with Crippen molar-refractivity contribution in [2.75, 3.05) is 19.5 Å². The Morgan fingerprint density at radius 1 is 0.962 bits per heavy atom. The number of hydrogen-bond donors (Lipinski definition) is 1. The maximum Gasteiger partial charge on any atom is 0.266 e. The fourth-order valence-electron chi connectivity index (χ4n) is 2.74. The Balaban J connectivity index is 1.90. The van der Waals surface area contributed by atoms with Gasteiger partial charge in [-0.05, 0) is 42.5 Å². The normalized spacial score (nSPS) is 10.5. The number of aryl methyl sites for hydroxylation is 2. The SMILES string of the molecule is COc1cc(C)c(NC(=O)c2sccc2-c2ccc(C)cc2)cc1OC. The van der Waals surface area contributed by atoms with Crippen molar-refractivity contribution in [3.63, 3.8) is 0 Å². The number of carbonyl (C=O) groups is 1. The molecule has 0 saturated heterocycles. The second-order valence-corrected chi connectivity index (χ2v) is 6.92. The van der Waals surface area contributed by atoms with E-state index in [1.54, 1.807) is 20.3 Å². The Kier molecular flexibility index (Phi) is 5.28. The molecule has 1 aromatic heterocycles. The maximum atomic E-state index is 12.9. The predicted molar refractivity (Wildman–Crippen MR) is 107 cm³/mol. The molecule has 0 aliphatic heterocycles. The Bertz CT molecular complexity index is 929. The Morgan fingerprint density at radius 3 is 2.27 bits per heavy atom. The Morgan fingerprint density at radius 2 is 1.62 bits per heavy atom. The number of benzene rings is 2. The molecular weight excluding hydrogens is 346 g/mol.